The molecular formula is C15H26N2O3S. The van der Waals surface area contributed by atoms with Crippen LogP contribution in [0.1, 0.15) is 30.5 Å². The Bertz CT molecular complexity index is 586. The quantitative estimate of drug-likeness (QED) is 0.817. The summed E-state index contributed by atoms with van der Waals surface area (Å²) in [5, 5.41) is 0. The summed E-state index contributed by atoms with van der Waals surface area (Å²) in [6.45, 7) is 9.86. The summed E-state index contributed by atoms with van der Waals surface area (Å²) in [5.74, 6) is 0. The molecule has 21 heavy (non-hydrogen) atoms. The maximum atomic E-state index is 13.0. The Morgan fingerprint density at radius 3 is 2.33 bits per heavy atom. The second-order valence-corrected chi connectivity index (χ2v) is 7.20. The summed E-state index contributed by atoms with van der Waals surface area (Å²) in [6.07, 6.45) is 0. The van der Waals surface area contributed by atoms with E-state index < -0.39 is 10.0 Å². The number of nitrogens with two attached hydrogens (primary N) is 1. The summed E-state index contributed by atoms with van der Waals surface area (Å²) in [4.78, 5) is 0.324. The third kappa shape index (κ3) is 3.39. The molecule has 0 amide bonds. The van der Waals surface area contributed by atoms with E-state index in [1.807, 2.05) is 33.8 Å². The first-order chi connectivity index (χ1) is 9.68. The van der Waals surface area contributed by atoms with E-state index in [1.165, 1.54) is 4.31 Å². The van der Waals surface area contributed by atoms with Crippen molar-refractivity contribution >= 4 is 15.7 Å². The SMILES string of the molecule is CCN(C(C)COC)S(=O)(=O)c1c(C)c(C)cc(N)c1C. The molecule has 0 fully saturated rings. The van der Waals surface area contributed by atoms with Gasteiger partial charge in [0.25, 0.3) is 0 Å². The highest BCUT2D eigenvalue weighted by Gasteiger charge is 2.31. The number of likely N-dealkylation sites (N-methyl/N-ethyl adjacent to an activating group) is 1. The lowest BCUT2D eigenvalue weighted by Crippen LogP contribution is -2.41. The molecule has 1 atom stereocenters. The number of sulfonamides is 1. The Labute approximate surface area is 128 Å². The zero-order valence-electron chi connectivity index (χ0n) is 13.7. The van der Waals surface area contributed by atoms with Crippen molar-refractivity contribution in [1.29, 1.82) is 0 Å². The Morgan fingerprint density at radius 2 is 1.86 bits per heavy atom. The van der Waals surface area contributed by atoms with Crippen molar-refractivity contribution in [2.45, 2.75) is 45.6 Å². The number of ether oxygens (including phenoxy) is 1. The van der Waals surface area contributed by atoms with E-state index in [9.17, 15) is 8.42 Å². The van der Waals surface area contributed by atoms with E-state index in [1.54, 1.807) is 14.0 Å². The largest absolute Gasteiger partial charge is 0.398 e. The number of aryl methyl sites for hydroxylation is 1. The lowest BCUT2D eigenvalue weighted by atomic mass is 10.1. The van der Waals surface area contributed by atoms with Gasteiger partial charge in [-0.3, -0.25) is 0 Å². The van der Waals surface area contributed by atoms with Gasteiger partial charge in [-0.15, -0.1) is 0 Å². The van der Waals surface area contributed by atoms with E-state index in [0.29, 0.717) is 29.3 Å². The van der Waals surface area contributed by atoms with E-state index in [2.05, 4.69) is 0 Å². The molecule has 1 aromatic rings. The zero-order chi connectivity index (χ0) is 16.4. The molecule has 0 radical (unpaired) electrons. The Balaban J connectivity index is 3.50. The lowest BCUT2D eigenvalue weighted by Gasteiger charge is -2.28. The van der Waals surface area contributed by atoms with Crippen molar-refractivity contribution < 1.29 is 13.2 Å². The topological polar surface area (TPSA) is 72.6 Å². The first-order valence-corrected chi connectivity index (χ1v) is 8.49. The van der Waals surface area contributed by atoms with Crippen LogP contribution in [0.4, 0.5) is 5.69 Å². The molecule has 0 saturated carbocycles. The average Bonchev–Trinajstić information content (AvgIpc) is 2.37. The molecule has 0 aliphatic rings. The average molecular weight is 314 g/mol. The number of hydrogen-bond acceptors (Lipinski definition) is 4. The smallest absolute Gasteiger partial charge is 0.243 e. The number of anilines is 1. The van der Waals surface area contributed by atoms with Crippen LogP contribution in [0.5, 0.6) is 0 Å². The number of methoxy groups -OCH3 is 1. The molecule has 0 spiro atoms. The van der Waals surface area contributed by atoms with Crippen molar-refractivity contribution in [2.75, 3.05) is 26.0 Å². The van der Waals surface area contributed by atoms with Crippen molar-refractivity contribution in [3.8, 4) is 0 Å². The number of benzene rings is 1. The molecule has 120 valence electrons. The maximum absolute atomic E-state index is 13.0. The van der Waals surface area contributed by atoms with Gasteiger partial charge in [0.1, 0.15) is 0 Å². The predicted molar refractivity (Wildman–Crippen MR) is 86.0 cm³/mol. The molecule has 1 rings (SSSR count). The van der Waals surface area contributed by atoms with Crippen LogP contribution in [0, 0.1) is 20.8 Å². The molecule has 0 saturated heterocycles. The third-order valence-electron chi connectivity index (χ3n) is 3.86. The highest BCUT2D eigenvalue weighted by molar-refractivity contribution is 7.89. The molecule has 0 aliphatic heterocycles. The highest BCUT2D eigenvalue weighted by Crippen LogP contribution is 2.31. The fraction of sp³-hybridized carbons (Fsp3) is 0.600. The fourth-order valence-electron chi connectivity index (χ4n) is 2.59. The molecule has 0 heterocycles. The normalized spacial score (nSPS) is 13.7. The van der Waals surface area contributed by atoms with Gasteiger partial charge < -0.3 is 10.5 Å². The molecule has 0 bridgehead atoms. The summed E-state index contributed by atoms with van der Waals surface area (Å²) < 4.78 is 32.6. The third-order valence-corrected chi connectivity index (χ3v) is 6.22. The van der Waals surface area contributed by atoms with Crippen LogP contribution in [0.2, 0.25) is 0 Å². The minimum Gasteiger partial charge on any atom is -0.398 e. The molecule has 5 nitrogen and oxygen atoms in total. The van der Waals surface area contributed by atoms with Gasteiger partial charge in [-0.25, -0.2) is 8.42 Å². The number of hydrogen-bond donors (Lipinski definition) is 1. The minimum absolute atomic E-state index is 0.231. The van der Waals surface area contributed by atoms with Gasteiger partial charge >= 0.3 is 0 Å². The fourth-order valence-corrected chi connectivity index (χ4v) is 4.75. The van der Waals surface area contributed by atoms with Crippen LogP contribution >= 0.6 is 0 Å². The summed E-state index contributed by atoms with van der Waals surface area (Å²) in [6, 6.07) is 1.59. The molecule has 1 aromatic carbocycles. The number of nitrogens with zero attached hydrogens (tertiary/aromatic N) is 1. The van der Waals surface area contributed by atoms with E-state index in [0.717, 1.165) is 11.1 Å². The molecule has 0 aromatic heterocycles. The minimum atomic E-state index is -3.61. The Hall–Kier alpha value is -1.11. The molecule has 2 N–H and O–H groups in total. The molecule has 6 heteroatoms. The summed E-state index contributed by atoms with van der Waals surface area (Å²) >= 11 is 0. The van der Waals surface area contributed by atoms with Gasteiger partial charge in [-0.05, 0) is 50.5 Å². The first kappa shape index (κ1) is 17.9. The summed E-state index contributed by atoms with van der Waals surface area (Å²) in [7, 11) is -2.04. The van der Waals surface area contributed by atoms with Crippen LogP contribution in [-0.4, -0.2) is 39.0 Å². The van der Waals surface area contributed by atoms with Gasteiger partial charge in [0.05, 0.1) is 11.5 Å². The van der Waals surface area contributed by atoms with Crippen LogP contribution in [0.25, 0.3) is 0 Å². The zero-order valence-corrected chi connectivity index (χ0v) is 14.5. The Morgan fingerprint density at radius 1 is 1.29 bits per heavy atom. The molecule has 0 aliphatic carbocycles. The lowest BCUT2D eigenvalue weighted by molar-refractivity contribution is 0.142. The van der Waals surface area contributed by atoms with Gasteiger partial charge in [0.15, 0.2) is 0 Å². The monoisotopic (exact) mass is 314 g/mol. The second-order valence-electron chi connectivity index (χ2n) is 5.37. The van der Waals surface area contributed by atoms with Crippen molar-refractivity contribution in [2.24, 2.45) is 0 Å². The maximum Gasteiger partial charge on any atom is 0.243 e. The second kappa shape index (κ2) is 6.77. The molecule has 1 unspecified atom stereocenters. The van der Waals surface area contributed by atoms with Crippen LogP contribution in [0.3, 0.4) is 0 Å². The van der Waals surface area contributed by atoms with Gasteiger partial charge in [-0.2, -0.15) is 4.31 Å². The van der Waals surface area contributed by atoms with Crippen molar-refractivity contribution in [3.63, 3.8) is 0 Å². The number of rotatable bonds is 6. The van der Waals surface area contributed by atoms with Crippen molar-refractivity contribution in [1.82, 2.24) is 4.31 Å². The van der Waals surface area contributed by atoms with Crippen LogP contribution in [0.15, 0.2) is 11.0 Å². The van der Waals surface area contributed by atoms with Gasteiger partial charge in [0, 0.05) is 25.4 Å². The van der Waals surface area contributed by atoms with E-state index in [4.69, 9.17) is 10.5 Å². The molecular weight excluding hydrogens is 288 g/mol. The summed E-state index contributed by atoms with van der Waals surface area (Å²) in [5.41, 5.74) is 8.71. The van der Waals surface area contributed by atoms with E-state index in [-0.39, 0.29) is 6.04 Å². The highest BCUT2D eigenvalue weighted by atomic mass is 32.2. The van der Waals surface area contributed by atoms with Gasteiger partial charge in [-0.1, -0.05) is 6.92 Å². The van der Waals surface area contributed by atoms with E-state index >= 15 is 0 Å². The van der Waals surface area contributed by atoms with Crippen molar-refractivity contribution in [3.05, 3.63) is 22.8 Å². The first-order valence-electron chi connectivity index (χ1n) is 7.05. The van der Waals surface area contributed by atoms with Gasteiger partial charge in [0.2, 0.25) is 10.0 Å². The van der Waals surface area contributed by atoms with Crippen LogP contribution in [-0.2, 0) is 14.8 Å². The van der Waals surface area contributed by atoms with Crippen LogP contribution < -0.4 is 5.73 Å². The standard InChI is InChI=1S/C15H26N2O3S/c1-7-17(11(3)9-20-6)21(18,19)15-12(4)10(2)8-14(16)13(15)5/h8,11H,7,9,16H2,1-6H3. The number of nitrogen functional groups attached to an aromatic ring is 1. The Kier molecular flexibility index (Phi) is 5.78. The predicted octanol–water partition coefficient (Wildman–Crippen LogP) is 2.24.